The lowest BCUT2D eigenvalue weighted by Gasteiger charge is -2.13. The summed E-state index contributed by atoms with van der Waals surface area (Å²) in [6, 6.07) is 7.51. The second-order valence-electron chi connectivity index (χ2n) is 4.52. The Morgan fingerprint density at radius 2 is 1.94 bits per heavy atom. The van der Waals surface area contributed by atoms with Crippen LogP contribution in [-0.4, -0.2) is 5.11 Å². The summed E-state index contributed by atoms with van der Waals surface area (Å²) in [5.74, 6) is 1.46. The van der Waals surface area contributed by atoms with Crippen molar-refractivity contribution < 1.29 is 9.52 Å². The Hall–Kier alpha value is -1.25. The molecule has 0 amide bonds. The molecular formula is C15H17ClO2. The highest BCUT2D eigenvalue weighted by Crippen LogP contribution is 2.30. The van der Waals surface area contributed by atoms with Gasteiger partial charge < -0.3 is 9.52 Å². The van der Waals surface area contributed by atoms with Crippen LogP contribution >= 0.6 is 11.6 Å². The summed E-state index contributed by atoms with van der Waals surface area (Å²) in [5, 5.41) is 11.1. The molecule has 18 heavy (non-hydrogen) atoms. The van der Waals surface area contributed by atoms with E-state index in [1.807, 2.05) is 45.0 Å². The third-order valence-electron chi connectivity index (χ3n) is 3.14. The Morgan fingerprint density at radius 3 is 2.56 bits per heavy atom. The minimum absolute atomic E-state index is 0.580. The zero-order chi connectivity index (χ0) is 13.3. The summed E-state index contributed by atoms with van der Waals surface area (Å²) in [7, 11) is 0. The number of furan rings is 1. The van der Waals surface area contributed by atoms with Crippen molar-refractivity contribution in [2.75, 3.05) is 0 Å². The quantitative estimate of drug-likeness (QED) is 0.902. The van der Waals surface area contributed by atoms with Gasteiger partial charge in [-0.05, 0) is 48.7 Å². The number of hydrogen-bond acceptors (Lipinski definition) is 2. The summed E-state index contributed by atoms with van der Waals surface area (Å²) >= 11 is 6.06. The van der Waals surface area contributed by atoms with Crippen molar-refractivity contribution in [3.63, 3.8) is 0 Å². The Balaban J connectivity index is 2.39. The van der Waals surface area contributed by atoms with Crippen molar-refractivity contribution in [3.05, 3.63) is 57.5 Å². The molecule has 0 fully saturated rings. The first kappa shape index (κ1) is 13.2. The van der Waals surface area contributed by atoms with Crippen LogP contribution in [0.1, 0.15) is 41.2 Å². The normalized spacial score (nSPS) is 12.7. The van der Waals surface area contributed by atoms with Crippen molar-refractivity contribution in [1.82, 2.24) is 0 Å². The zero-order valence-electron chi connectivity index (χ0n) is 10.8. The standard InChI is InChI=1S/C15H17ClO2/c1-4-11-5-6-14(18-11)15(17)12-7-10(3)13(16)8-9(12)2/h5-8,15,17H,4H2,1-3H3. The molecule has 2 rings (SSSR count). The van der Waals surface area contributed by atoms with E-state index in [0.29, 0.717) is 5.76 Å². The van der Waals surface area contributed by atoms with Gasteiger partial charge in [0.2, 0.25) is 0 Å². The number of hydrogen-bond donors (Lipinski definition) is 1. The van der Waals surface area contributed by atoms with Crippen LogP contribution in [0.25, 0.3) is 0 Å². The van der Waals surface area contributed by atoms with Crippen LogP contribution in [0.2, 0.25) is 5.02 Å². The Bertz CT molecular complexity index is 558. The Morgan fingerprint density at radius 1 is 1.22 bits per heavy atom. The van der Waals surface area contributed by atoms with Gasteiger partial charge in [0, 0.05) is 11.4 Å². The molecule has 0 aliphatic heterocycles. The van der Waals surface area contributed by atoms with Crippen LogP contribution in [0, 0.1) is 13.8 Å². The molecule has 0 bridgehead atoms. The first-order valence-electron chi connectivity index (χ1n) is 6.06. The molecule has 0 radical (unpaired) electrons. The smallest absolute Gasteiger partial charge is 0.137 e. The third kappa shape index (κ3) is 2.45. The van der Waals surface area contributed by atoms with E-state index < -0.39 is 6.10 Å². The summed E-state index contributed by atoms with van der Waals surface area (Å²) in [4.78, 5) is 0. The van der Waals surface area contributed by atoms with Gasteiger partial charge in [-0.3, -0.25) is 0 Å². The van der Waals surface area contributed by atoms with Crippen LogP contribution in [-0.2, 0) is 6.42 Å². The highest BCUT2D eigenvalue weighted by atomic mass is 35.5. The van der Waals surface area contributed by atoms with Crippen LogP contribution in [0.3, 0.4) is 0 Å². The maximum Gasteiger partial charge on any atom is 0.137 e. The molecule has 2 aromatic rings. The van der Waals surface area contributed by atoms with E-state index in [-0.39, 0.29) is 0 Å². The fourth-order valence-corrected chi connectivity index (χ4v) is 2.20. The molecule has 2 nitrogen and oxygen atoms in total. The monoisotopic (exact) mass is 264 g/mol. The second-order valence-corrected chi connectivity index (χ2v) is 4.93. The topological polar surface area (TPSA) is 33.4 Å². The number of aliphatic hydroxyl groups is 1. The minimum Gasteiger partial charge on any atom is -0.463 e. The lowest BCUT2D eigenvalue weighted by molar-refractivity contribution is 0.186. The van der Waals surface area contributed by atoms with Gasteiger partial charge in [0.25, 0.3) is 0 Å². The van der Waals surface area contributed by atoms with E-state index in [2.05, 4.69) is 0 Å². The van der Waals surface area contributed by atoms with Crippen LogP contribution in [0.5, 0.6) is 0 Å². The second kappa shape index (κ2) is 5.17. The highest BCUT2D eigenvalue weighted by Gasteiger charge is 2.17. The SMILES string of the molecule is CCc1ccc(C(O)c2cc(C)c(Cl)cc2C)o1. The molecule has 1 aromatic carbocycles. The van der Waals surface area contributed by atoms with E-state index in [4.69, 9.17) is 16.0 Å². The largest absolute Gasteiger partial charge is 0.463 e. The van der Waals surface area contributed by atoms with E-state index in [9.17, 15) is 5.11 Å². The lowest BCUT2D eigenvalue weighted by Crippen LogP contribution is -2.01. The Labute approximate surface area is 112 Å². The number of aryl methyl sites for hydroxylation is 3. The lowest BCUT2D eigenvalue weighted by atomic mass is 9.99. The average molecular weight is 265 g/mol. The summed E-state index contributed by atoms with van der Waals surface area (Å²) < 4.78 is 5.59. The van der Waals surface area contributed by atoms with Crippen LogP contribution in [0.15, 0.2) is 28.7 Å². The van der Waals surface area contributed by atoms with Gasteiger partial charge in [-0.1, -0.05) is 24.6 Å². The maximum absolute atomic E-state index is 10.4. The summed E-state index contributed by atoms with van der Waals surface area (Å²) in [5.41, 5.74) is 2.76. The van der Waals surface area contributed by atoms with Gasteiger partial charge in [0.05, 0.1) is 0 Å². The highest BCUT2D eigenvalue weighted by molar-refractivity contribution is 6.31. The molecule has 1 N–H and O–H groups in total. The maximum atomic E-state index is 10.4. The van der Waals surface area contributed by atoms with E-state index in [1.165, 1.54) is 0 Å². The molecule has 3 heteroatoms. The molecule has 96 valence electrons. The van der Waals surface area contributed by atoms with Crippen LogP contribution < -0.4 is 0 Å². The molecule has 0 saturated carbocycles. The van der Waals surface area contributed by atoms with E-state index in [0.717, 1.165) is 33.9 Å². The van der Waals surface area contributed by atoms with Gasteiger partial charge in [-0.2, -0.15) is 0 Å². The van der Waals surface area contributed by atoms with Crippen molar-refractivity contribution in [2.24, 2.45) is 0 Å². The number of aliphatic hydroxyl groups excluding tert-OH is 1. The fourth-order valence-electron chi connectivity index (χ4n) is 1.98. The van der Waals surface area contributed by atoms with Crippen molar-refractivity contribution >= 4 is 11.6 Å². The summed E-state index contributed by atoms with van der Waals surface area (Å²) in [6.45, 7) is 5.89. The first-order chi connectivity index (χ1) is 8.52. The van der Waals surface area contributed by atoms with Crippen molar-refractivity contribution in [3.8, 4) is 0 Å². The predicted molar refractivity (Wildman–Crippen MR) is 73.1 cm³/mol. The molecule has 0 aliphatic rings. The fraction of sp³-hybridized carbons (Fsp3) is 0.333. The number of benzene rings is 1. The van der Waals surface area contributed by atoms with Crippen molar-refractivity contribution in [1.29, 1.82) is 0 Å². The molecule has 1 atom stereocenters. The Kier molecular flexibility index (Phi) is 3.79. The average Bonchev–Trinajstić information content (AvgIpc) is 2.81. The van der Waals surface area contributed by atoms with Gasteiger partial charge in [0.15, 0.2) is 0 Å². The number of halogens is 1. The van der Waals surface area contributed by atoms with Gasteiger partial charge in [-0.25, -0.2) is 0 Å². The molecule has 1 heterocycles. The summed E-state index contributed by atoms with van der Waals surface area (Å²) in [6.07, 6.45) is 0.0898. The minimum atomic E-state index is -0.735. The predicted octanol–water partition coefficient (Wildman–Crippen LogP) is 4.19. The van der Waals surface area contributed by atoms with Gasteiger partial charge >= 0.3 is 0 Å². The molecule has 0 aliphatic carbocycles. The van der Waals surface area contributed by atoms with E-state index >= 15 is 0 Å². The first-order valence-corrected chi connectivity index (χ1v) is 6.44. The third-order valence-corrected chi connectivity index (χ3v) is 3.55. The zero-order valence-corrected chi connectivity index (χ0v) is 11.6. The number of rotatable bonds is 3. The molecule has 0 spiro atoms. The van der Waals surface area contributed by atoms with Gasteiger partial charge in [0.1, 0.15) is 17.6 Å². The molecule has 1 aromatic heterocycles. The van der Waals surface area contributed by atoms with Crippen LogP contribution in [0.4, 0.5) is 0 Å². The van der Waals surface area contributed by atoms with Gasteiger partial charge in [-0.15, -0.1) is 0 Å². The van der Waals surface area contributed by atoms with Crippen molar-refractivity contribution in [2.45, 2.75) is 33.3 Å². The molecular weight excluding hydrogens is 248 g/mol. The van der Waals surface area contributed by atoms with E-state index in [1.54, 1.807) is 0 Å². The molecule has 0 saturated heterocycles. The molecule has 1 unspecified atom stereocenters.